The molecule has 0 radical (unpaired) electrons. The van der Waals surface area contributed by atoms with E-state index in [4.69, 9.17) is 0 Å². The van der Waals surface area contributed by atoms with Gasteiger partial charge in [0.15, 0.2) is 0 Å². The van der Waals surface area contributed by atoms with E-state index in [-0.39, 0.29) is 36.0 Å². The summed E-state index contributed by atoms with van der Waals surface area (Å²) in [6.45, 7) is 4.12. The second-order valence-corrected chi connectivity index (χ2v) is 10.6. The maximum absolute atomic E-state index is 14.0. The van der Waals surface area contributed by atoms with Crippen LogP contribution in [0.2, 0.25) is 0 Å². The first kappa shape index (κ1) is 25.6. The van der Waals surface area contributed by atoms with E-state index in [1.807, 2.05) is 30.5 Å². The van der Waals surface area contributed by atoms with Gasteiger partial charge in [-0.1, -0.05) is 44.2 Å². The number of carbonyl (C=O) groups excluding carboxylic acids is 3. The number of hydrogen-bond donors (Lipinski definition) is 2. The van der Waals surface area contributed by atoms with E-state index in [9.17, 15) is 18.8 Å². The summed E-state index contributed by atoms with van der Waals surface area (Å²) in [5.74, 6) is -1.27. The maximum atomic E-state index is 14.0. The minimum absolute atomic E-state index is 0.146. The number of carbonyl (C=O) groups is 3. The van der Waals surface area contributed by atoms with Crippen LogP contribution in [0.25, 0.3) is 10.9 Å². The Balaban J connectivity index is 1.44. The van der Waals surface area contributed by atoms with Crippen molar-refractivity contribution in [2.45, 2.75) is 39.2 Å². The zero-order valence-electron chi connectivity index (χ0n) is 21.8. The molecule has 1 aromatic heterocycles. The van der Waals surface area contributed by atoms with Crippen LogP contribution in [0, 0.1) is 17.2 Å². The number of piperidine rings is 1. The minimum Gasteiger partial charge on any atom is -0.361 e. The highest BCUT2D eigenvalue weighted by Gasteiger charge is 2.53. The quantitative estimate of drug-likeness (QED) is 0.503. The van der Waals surface area contributed by atoms with E-state index in [1.165, 1.54) is 17.1 Å². The van der Waals surface area contributed by atoms with Gasteiger partial charge >= 0.3 is 0 Å². The molecular weight excluding hydrogens is 485 g/mol. The first-order valence-electron chi connectivity index (χ1n) is 12.9. The van der Waals surface area contributed by atoms with E-state index >= 15 is 0 Å². The van der Waals surface area contributed by atoms with E-state index in [0.29, 0.717) is 25.8 Å². The van der Waals surface area contributed by atoms with Gasteiger partial charge in [-0.2, -0.15) is 5.10 Å². The van der Waals surface area contributed by atoms with Crippen LogP contribution in [0.15, 0.2) is 59.8 Å². The Morgan fingerprint density at radius 1 is 1.16 bits per heavy atom. The summed E-state index contributed by atoms with van der Waals surface area (Å²) < 4.78 is 13.6. The van der Waals surface area contributed by atoms with Crippen molar-refractivity contribution < 1.29 is 18.8 Å². The maximum Gasteiger partial charge on any atom is 0.256 e. The first-order chi connectivity index (χ1) is 18.2. The van der Waals surface area contributed by atoms with Crippen molar-refractivity contribution in [2.75, 3.05) is 20.1 Å². The molecule has 5 rings (SSSR count). The van der Waals surface area contributed by atoms with E-state index in [0.717, 1.165) is 27.7 Å². The Bertz CT molecular complexity index is 1410. The van der Waals surface area contributed by atoms with Crippen LogP contribution in [0.4, 0.5) is 4.39 Å². The van der Waals surface area contributed by atoms with Crippen molar-refractivity contribution in [3.63, 3.8) is 0 Å². The number of para-hydroxylation sites is 1. The van der Waals surface area contributed by atoms with Crippen molar-refractivity contribution >= 4 is 34.3 Å². The van der Waals surface area contributed by atoms with Gasteiger partial charge in [-0.05, 0) is 35.7 Å². The Kier molecular flexibility index (Phi) is 6.77. The fourth-order valence-corrected chi connectivity index (χ4v) is 5.50. The second-order valence-electron chi connectivity index (χ2n) is 10.6. The number of nitrogens with one attached hydrogen (secondary N) is 2. The molecule has 0 saturated carbocycles. The molecule has 38 heavy (non-hydrogen) atoms. The van der Waals surface area contributed by atoms with Gasteiger partial charge in [0.25, 0.3) is 5.91 Å². The molecule has 3 heterocycles. The predicted molar refractivity (Wildman–Crippen MR) is 143 cm³/mol. The van der Waals surface area contributed by atoms with Crippen LogP contribution in [-0.4, -0.2) is 64.5 Å². The molecule has 2 aromatic carbocycles. The fraction of sp³-hybridized carbons (Fsp3) is 0.379. The molecule has 0 spiro atoms. The summed E-state index contributed by atoms with van der Waals surface area (Å²) in [6, 6.07) is 13.1. The molecular formula is C29H32FN5O3. The minimum atomic E-state index is -1.02. The molecule has 2 atom stereocenters. The highest BCUT2D eigenvalue weighted by atomic mass is 19.1. The van der Waals surface area contributed by atoms with Crippen molar-refractivity contribution in [1.82, 2.24) is 20.2 Å². The van der Waals surface area contributed by atoms with Gasteiger partial charge in [0.2, 0.25) is 11.8 Å². The predicted octanol–water partition coefficient (Wildman–Crippen LogP) is 3.28. The Hall–Kier alpha value is -4.01. The largest absolute Gasteiger partial charge is 0.361 e. The molecule has 2 N–H and O–H groups in total. The summed E-state index contributed by atoms with van der Waals surface area (Å²) in [5, 5.41) is 9.79. The van der Waals surface area contributed by atoms with E-state index in [1.54, 1.807) is 37.9 Å². The molecule has 2 aliphatic rings. The molecule has 1 fully saturated rings. The lowest BCUT2D eigenvalue weighted by atomic mass is 9.73. The summed E-state index contributed by atoms with van der Waals surface area (Å²) in [7, 11) is 1.62. The van der Waals surface area contributed by atoms with Crippen LogP contribution >= 0.6 is 0 Å². The number of hydrogen-bond acceptors (Lipinski definition) is 4. The van der Waals surface area contributed by atoms with Crippen molar-refractivity contribution in [3.8, 4) is 0 Å². The molecule has 198 valence electrons. The van der Waals surface area contributed by atoms with Crippen LogP contribution in [0.1, 0.15) is 31.4 Å². The normalized spacial score (nSPS) is 20.0. The number of hydrazone groups is 1. The Labute approximate surface area is 220 Å². The number of benzene rings is 2. The number of fused-ring (bicyclic) bond motifs is 2. The number of halogens is 1. The molecule has 2 unspecified atom stereocenters. The number of amides is 3. The topological polar surface area (TPSA) is 97.9 Å². The van der Waals surface area contributed by atoms with Gasteiger partial charge in [-0.25, -0.2) is 9.40 Å². The Morgan fingerprint density at radius 3 is 2.63 bits per heavy atom. The number of rotatable bonds is 7. The highest BCUT2D eigenvalue weighted by molar-refractivity contribution is 6.13. The van der Waals surface area contributed by atoms with Gasteiger partial charge in [-0.3, -0.25) is 14.4 Å². The number of H-pyrrole nitrogens is 1. The van der Waals surface area contributed by atoms with Crippen LogP contribution in [0.3, 0.4) is 0 Å². The molecule has 2 aliphatic heterocycles. The van der Waals surface area contributed by atoms with Crippen molar-refractivity contribution in [3.05, 3.63) is 71.7 Å². The number of aromatic nitrogens is 1. The van der Waals surface area contributed by atoms with Crippen LogP contribution in [-0.2, 0) is 27.2 Å². The summed E-state index contributed by atoms with van der Waals surface area (Å²) >= 11 is 0. The smallest absolute Gasteiger partial charge is 0.256 e. The third-order valence-electron chi connectivity index (χ3n) is 7.57. The number of nitrogens with zero attached hydrogens (tertiary/aromatic N) is 3. The van der Waals surface area contributed by atoms with Gasteiger partial charge in [0.05, 0.1) is 5.71 Å². The van der Waals surface area contributed by atoms with Crippen LogP contribution < -0.4 is 5.32 Å². The van der Waals surface area contributed by atoms with Gasteiger partial charge in [-0.15, -0.1) is 0 Å². The molecule has 0 aliphatic carbocycles. The number of likely N-dealkylation sites (tertiary alicyclic amines) is 1. The first-order valence-corrected chi connectivity index (χ1v) is 12.9. The molecule has 9 heteroatoms. The molecule has 8 nitrogen and oxygen atoms in total. The second kappa shape index (κ2) is 10.0. The van der Waals surface area contributed by atoms with Gasteiger partial charge in [0, 0.05) is 56.0 Å². The molecule has 3 aromatic rings. The van der Waals surface area contributed by atoms with Crippen LogP contribution in [0.5, 0.6) is 0 Å². The third kappa shape index (κ3) is 4.68. The van der Waals surface area contributed by atoms with Crippen molar-refractivity contribution in [1.29, 1.82) is 0 Å². The lowest BCUT2D eigenvalue weighted by Crippen LogP contribution is -2.59. The average molecular weight is 518 g/mol. The zero-order chi connectivity index (χ0) is 27.0. The lowest BCUT2D eigenvalue weighted by molar-refractivity contribution is -0.142. The zero-order valence-corrected chi connectivity index (χ0v) is 21.8. The monoisotopic (exact) mass is 517 g/mol. The molecule has 3 amide bonds. The standard InChI is InChI=1S/C29H32FN5O3/c1-18(2)26(36)32-24(14-20-16-31-23-7-5-4-6-22(20)23)27(37)35-13-12-25-29(17-35,28(38)34(3)33-25)15-19-8-10-21(30)11-9-19/h4-11,16,18,24,31H,12-15,17H2,1-3H3,(H,32,36). The Morgan fingerprint density at radius 2 is 1.89 bits per heavy atom. The van der Waals surface area contributed by atoms with Gasteiger partial charge < -0.3 is 15.2 Å². The highest BCUT2D eigenvalue weighted by Crippen LogP contribution is 2.38. The summed E-state index contributed by atoms with van der Waals surface area (Å²) in [6.07, 6.45) is 2.95. The van der Waals surface area contributed by atoms with E-state index in [2.05, 4.69) is 15.4 Å². The summed E-state index contributed by atoms with van der Waals surface area (Å²) in [5.41, 5.74) is 2.40. The fourth-order valence-electron chi connectivity index (χ4n) is 5.50. The average Bonchev–Trinajstić information content (AvgIpc) is 3.42. The van der Waals surface area contributed by atoms with Crippen molar-refractivity contribution in [2.24, 2.45) is 16.4 Å². The summed E-state index contributed by atoms with van der Waals surface area (Å²) in [4.78, 5) is 45.1. The number of aromatic amines is 1. The lowest BCUT2D eigenvalue weighted by Gasteiger charge is -2.40. The third-order valence-corrected chi connectivity index (χ3v) is 7.57. The molecule has 1 saturated heterocycles. The van der Waals surface area contributed by atoms with E-state index < -0.39 is 11.5 Å². The SMILES string of the molecule is CC(C)C(=O)NC(Cc1c[nH]c2ccccc12)C(=O)N1CCC2=NN(C)C(=O)C2(Cc2ccc(F)cc2)C1. The van der Waals surface area contributed by atoms with Gasteiger partial charge in [0.1, 0.15) is 17.3 Å². The molecule has 0 bridgehead atoms.